The van der Waals surface area contributed by atoms with Crippen molar-refractivity contribution in [1.29, 1.82) is 0 Å². The van der Waals surface area contributed by atoms with Crippen molar-refractivity contribution in [2.75, 3.05) is 33.4 Å². The highest BCUT2D eigenvalue weighted by Gasteiger charge is 2.20. The minimum Gasteiger partial charge on any atom is -0.381 e. The molecule has 0 saturated carbocycles. The van der Waals surface area contributed by atoms with E-state index in [9.17, 15) is 4.79 Å². The Kier molecular flexibility index (Phi) is 9.50. The first kappa shape index (κ1) is 16.7. The third kappa shape index (κ3) is 6.24. The van der Waals surface area contributed by atoms with E-state index < -0.39 is 0 Å². The summed E-state index contributed by atoms with van der Waals surface area (Å²) in [5.41, 5.74) is 0. The molecule has 1 aliphatic rings. The first-order valence-corrected chi connectivity index (χ1v) is 6.29. The lowest BCUT2D eigenvalue weighted by molar-refractivity contribution is -0.133. The largest absolute Gasteiger partial charge is 0.381 e. The van der Waals surface area contributed by atoms with Gasteiger partial charge in [-0.05, 0) is 39.3 Å². The lowest BCUT2D eigenvalue weighted by Crippen LogP contribution is -2.38. The maximum absolute atomic E-state index is 11.9. The van der Waals surface area contributed by atoms with Crippen LogP contribution in [0.25, 0.3) is 0 Å². The molecule has 0 spiro atoms. The number of ether oxygens (including phenoxy) is 1. The highest BCUT2D eigenvalue weighted by atomic mass is 35.5. The molecule has 1 unspecified atom stereocenters. The predicted molar refractivity (Wildman–Crippen MR) is 71.6 cm³/mol. The van der Waals surface area contributed by atoms with E-state index in [1.807, 2.05) is 18.9 Å². The maximum atomic E-state index is 11.9. The molecule has 5 heteroatoms. The van der Waals surface area contributed by atoms with Crippen LogP contribution >= 0.6 is 12.4 Å². The number of hydrogen-bond donors (Lipinski definition) is 1. The SMILES string of the molecule is CCOCCC(=O)N(C)C1CCCNCC1.Cl. The van der Waals surface area contributed by atoms with Crippen LogP contribution < -0.4 is 5.32 Å². The van der Waals surface area contributed by atoms with Crippen LogP contribution in [0.15, 0.2) is 0 Å². The molecule has 0 aromatic carbocycles. The van der Waals surface area contributed by atoms with Gasteiger partial charge in [-0.2, -0.15) is 0 Å². The summed E-state index contributed by atoms with van der Waals surface area (Å²) in [7, 11) is 1.92. The predicted octanol–water partition coefficient (Wildman–Crippen LogP) is 1.44. The number of nitrogens with one attached hydrogen (secondary N) is 1. The fraction of sp³-hybridized carbons (Fsp3) is 0.917. The van der Waals surface area contributed by atoms with Gasteiger partial charge < -0.3 is 15.0 Å². The van der Waals surface area contributed by atoms with Crippen LogP contribution in [0.2, 0.25) is 0 Å². The van der Waals surface area contributed by atoms with Gasteiger partial charge in [0.15, 0.2) is 0 Å². The molecule has 1 heterocycles. The number of carbonyl (C=O) groups excluding carboxylic acids is 1. The van der Waals surface area contributed by atoms with Crippen molar-refractivity contribution in [3.8, 4) is 0 Å². The number of hydrogen-bond acceptors (Lipinski definition) is 3. The molecular weight excluding hydrogens is 240 g/mol. The molecule has 1 saturated heterocycles. The van der Waals surface area contributed by atoms with Gasteiger partial charge in [-0.15, -0.1) is 12.4 Å². The number of nitrogens with zero attached hydrogens (tertiary/aromatic N) is 1. The molecule has 1 atom stereocenters. The molecule has 0 bridgehead atoms. The Bertz CT molecular complexity index is 207. The second kappa shape index (κ2) is 9.68. The van der Waals surface area contributed by atoms with Crippen LogP contribution in [0, 0.1) is 0 Å². The lowest BCUT2D eigenvalue weighted by Gasteiger charge is -2.27. The van der Waals surface area contributed by atoms with E-state index in [0.29, 0.717) is 25.7 Å². The van der Waals surface area contributed by atoms with Crippen LogP contribution in [0.1, 0.15) is 32.6 Å². The van der Waals surface area contributed by atoms with E-state index in [2.05, 4.69) is 5.32 Å². The zero-order valence-corrected chi connectivity index (χ0v) is 11.7. The molecule has 1 aliphatic heterocycles. The van der Waals surface area contributed by atoms with Crippen molar-refractivity contribution in [2.24, 2.45) is 0 Å². The number of rotatable bonds is 5. The molecule has 102 valence electrons. The average molecular weight is 265 g/mol. The number of amides is 1. The van der Waals surface area contributed by atoms with Crippen molar-refractivity contribution in [2.45, 2.75) is 38.6 Å². The molecule has 0 radical (unpaired) electrons. The summed E-state index contributed by atoms with van der Waals surface area (Å²) in [6, 6.07) is 0.407. The molecule has 1 rings (SSSR count). The monoisotopic (exact) mass is 264 g/mol. The van der Waals surface area contributed by atoms with Crippen LogP contribution in [0.5, 0.6) is 0 Å². The van der Waals surface area contributed by atoms with Gasteiger partial charge in [0.2, 0.25) is 5.91 Å². The Labute approximate surface area is 110 Å². The van der Waals surface area contributed by atoms with Crippen molar-refractivity contribution in [3.63, 3.8) is 0 Å². The van der Waals surface area contributed by atoms with Crippen LogP contribution in [-0.2, 0) is 9.53 Å². The number of halogens is 1. The first-order valence-electron chi connectivity index (χ1n) is 6.29. The average Bonchev–Trinajstić information content (AvgIpc) is 2.56. The van der Waals surface area contributed by atoms with Gasteiger partial charge in [0.05, 0.1) is 13.0 Å². The van der Waals surface area contributed by atoms with Crippen molar-refractivity contribution in [3.05, 3.63) is 0 Å². The summed E-state index contributed by atoms with van der Waals surface area (Å²) in [4.78, 5) is 13.8. The van der Waals surface area contributed by atoms with Gasteiger partial charge in [0.25, 0.3) is 0 Å². The molecule has 1 fully saturated rings. The quantitative estimate of drug-likeness (QED) is 0.764. The fourth-order valence-corrected chi connectivity index (χ4v) is 2.07. The molecule has 0 aromatic rings. The Balaban J connectivity index is 0.00000256. The first-order chi connectivity index (χ1) is 7.75. The summed E-state index contributed by atoms with van der Waals surface area (Å²) in [6.07, 6.45) is 3.85. The number of carbonyl (C=O) groups is 1. The van der Waals surface area contributed by atoms with Gasteiger partial charge in [-0.3, -0.25) is 4.79 Å². The molecule has 0 aromatic heterocycles. The van der Waals surface area contributed by atoms with Crippen LogP contribution in [0.3, 0.4) is 0 Å². The molecule has 1 N–H and O–H groups in total. The Morgan fingerprint density at radius 3 is 2.88 bits per heavy atom. The highest BCUT2D eigenvalue weighted by Crippen LogP contribution is 2.12. The van der Waals surface area contributed by atoms with Crippen LogP contribution in [0.4, 0.5) is 0 Å². The van der Waals surface area contributed by atoms with E-state index in [0.717, 1.165) is 32.4 Å². The zero-order valence-electron chi connectivity index (χ0n) is 10.9. The van der Waals surface area contributed by atoms with E-state index in [-0.39, 0.29) is 18.3 Å². The van der Waals surface area contributed by atoms with Crippen molar-refractivity contribution >= 4 is 18.3 Å². The minimum atomic E-state index is 0. The third-order valence-electron chi connectivity index (χ3n) is 3.15. The lowest BCUT2D eigenvalue weighted by atomic mass is 10.1. The Morgan fingerprint density at radius 1 is 1.41 bits per heavy atom. The van der Waals surface area contributed by atoms with Gasteiger partial charge >= 0.3 is 0 Å². The van der Waals surface area contributed by atoms with Crippen molar-refractivity contribution in [1.82, 2.24) is 10.2 Å². The van der Waals surface area contributed by atoms with Gasteiger partial charge in [0.1, 0.15) is 0 Å². The molecule has 1 amide bonds. The van der Waals surface area contributed by atoms with Crippen LogP contribution in [-0.4, -0.2) is 50.2 Å². The second-order valence-electron chi connectivity index (χ2n) is 4.29. The van der Waals surface area contributed by atoms with E-state index in [4.69, 9.17) is 4.74 Å². The van der Waals surface area contributed by atoms with E-state index in [1.165, 1.54) is 0 Å². The molecule has 17 heavy (non-hydrogen) atoms. The maximum Gasteiger partial charge on any atom is 0.224 e. The minimum absolute atomic E-state index is 0. The Hall–Kier alpha value is -0.320. The summed E-state index contributed by atoms with van der Waals surface area (Å²) in [6.45, 7) is 5.28. The molecule has 4 nitrogen and oxygen atoms in total. The highest BCUT2D eigenvalue weighted by molar-refractivity contribution is 5.85. The summed E-state index contributed by atoms with van der Waals surface area (Å²) >= 11 is 0. The van der Waals surface area contributed by atoms with Gasteiger partial charge in [-0.1, -0.05) is 0 Å². The van der Waals surface area contributed by atoms with Gasteiger partial charge in [-0.25, -0.2) is 0 Å². The van der Waals surface area contributed by atoms with Gasteiger partial charge in [0, 0.05) is 19.7 Å². The smallest absolute Gasteiger partial charge is 0.224 e. The molecule has 0 aliphatic carbocycles. The summed E-state index contributed by atoms with van der Waals surface area (Å²) in [5, 5.41) is 3.36. The third-order valence-corrected chi connectivity index (χ3v) is 3.15. The summed E-state index contributed by atoms with van der Waals surface area (Å²) in [5.74, 6) is 0.209. The second-order valence-corrected chi connectivity index (χ2v) is 4.29. The van der Waals surface area contributed by atoms with Crippen molar-refractivity contribution < 1.29 is 9.53 Å². The summed E-state index contributed by atoms with van der Waals surface area (Å²) < 4.78 is 5.21. The zero-order chi connectivity index (χ0) is 11.8. The normalized spacial score (nSPS) is 20.2. The fourth-order valence-electron chi connectivity index (χ4n) is 2.07. The van der Waals surface area contributed by atoms with E-state index >= 15 is 0 Å². The standard InChI is InChI=1S/C12H24N2O2.ClH/c1-3-16-10-7-12(15)14(2)11-5-4-8-13-9-6-11;/h11,13H,3-10H2,1-2H3;1H. The Morgan fingerprint density at radius 2 is 2.18 bits per heavy atom. The van der Waals surface area contributed by atoms with E-state index in [1.54, 1.807) is 0 Å². The molecular formula is C12H25ClN2O2. The topological polar surface area (TPSA) is 41.6 Å².